The number of carbonyl (C=O) groups is 3. The van der Waals surface area contributed by atoms with Gasteiger partial charge in [0.2, 0.25) is 0 Å². The van der Waals surface area contributed by atoms with E-state index in [-0.39, 0.29) is 22.1 Å². The molecule has 2 amide bonds. The molecule has 0 bridgehead atoms. The van der Waals surface area contributed by atoms with Crippen LogP contribution in [0.15, 0.2) is 59.3 Å². The summed E-state index contributed by atoms with van der Waals surface area (Å²) in [4.78, 5) is 38.0. The van der Waals surface area contributed by atoms with Crippen molar-refractivity contribution < 1.29 is 23.5 Å². The molecule has 0 unspecified atom stereocenters. The first-order valence-electron chi connectivity index (χ1n) is 9.01. The first kappa shape index (κ1) is 20.5. The maximum atomic E-state index is 13.9. The highest BCUT2D eigenvalue weighted by Crippen LogP contribution is 2.30. The molecule has 1 N–H and O–H groups in total. The quantitative estimate of drug-likeness (QED) is 0.415. The Morgan fingerprint density at radius 3 is 2.45 bits per heavy atom. The van der Waals surface area contributed by atoms with Crippen LogP contribution in [0.3, 0.4) is 0 Å². The van der Waals surface area contributed by atoms with Crippen molar-refractivity contribution >= 4 is 40.8 Å². The van der Waals surface area contributed by atoms with Gasteiger partial charge in [0.1, 0.15) is 16.5 Å². The standard InChI is InChI=1S/C21H18ClFN2O4/c1-2-3-12-29-21(28)13-8-10-14(11-9-13)25-19(26)17(22)18(20(25)27)24-16-7-5-4-6-15(16)23/h4-11,24H,2-3,12H2,1H3. The minimum atomic E-state index is -0.742. The molecule has 0 spiro atoms. The lowest BCUT2D eigenvalue weighted by Crippen LogP contribution is -2.32. The van der Waals surface area contributed by atoms with Crippen LogP contribution >= 0.6 is 11.6 Å². The van der Waals surface area contributed by atoms with Crippen molar-refractivity contribution in [2.45, 2.75) is 19.8 Å². The zero-order valence-corrected chi connectivity index (χ0v) is 16.3. The van der Waals surface area contributed by atoms with Gasteiger partial charge in [0.15, 0.2) is 0 Å². The Balaban J connectivity index is 1.77. The van der Waals surface area contributed by atoms with Gasteiger partial charge in [-0.3, -0.25) is 9.59 Å². The van der Waals surface area contributed by atoms with Gasteiger partial charge in [0, 0.05) is 0 Å². The molecule has 0 radical (unpaired) electrons. The van der Waals surface area contributed by atoms with E-state index in [0.717, 1.165) is 17.7 Å². The number of esters is 1. The highest BCUT2D eigenvalue weighted by Gasteiger charge is 2.39. The summed E-state index contributed by atoms with van der Waals surface area (Å²) in [6.45, 7) is 2.31. The van der Waals surface area contributed by atoms with Crippen molar-refractivity contribution in [3.8, 4) is 0 Å². The van der Waals surface area contributed by atoms with Crippen molar-refractivity contribution in [2.75, 3.05) is 16.8 Å². The second-order valence-electron chi connectivity index (χ2n) is 6.28. The van der Waals surface area contributed by atoms with Crippen LogP contribution in [0.1, 0.15) is 30.1 Å². The highest BCUT2D eigenvalue weighted by atomic mass is 35.5. The molecule has 3 rings (SSSR count). The van der Waals surface area contributed by atoms with Crippen molar-refractivity contribution in [1.29, 1.82) is 0 Å². The summed E-state index contributed by atoms with van der Waals surface area (Å²) >= 11 is 6.03. The first-order valence-corrected chi connectivity index (χ1v) is 9.39. The van der Waals surface area contributed by atoms with E-state index in [1.165, 1.54) is 42.5 Å². The fourth-order valence-corrected chi connectivity index (χ4v) is 2.89. The van der Waals surface area contributed by atoms with E-state index in [0.29, 0.717) is 12.2 Å². The zero-order chi connectivity index (χ0) is 21.0. The summed E-state index contributed by atoms with van der Waals surface area (Å²) in [7, 11) is 0. The smallest absolute Gasteiger partial charge is 0.338 e. The predicted octanol–water partition coefficient (Wildman–Crippen LogP) is 4.22. The number of imide groups is 1. The lowest BCUT2D eigenvalue weighted by molar-refractivity contribution is -0.120. The molecule has 6 nitrogen and oxygen atoms in total. The third-order valence-electron chi connectivity index (χ3n) is 4.25. The minimum absolute atomic E-state index is 0.0221. The Morgan fingerprint density at radius 2 is 1.79 bits per heavy atom. The van der Waals surface area contributed by atoms with Gasteiger partial charge in [0.25, 0.3) is 11.8 Å². The topological polar surface area (TPSA) is 75.7 Å². The number of benzene rings is 2. The number of hydrogen-bond acceptors (Lipinski definition) is 5. The minimum Gasteiger partial charge on any atom is -0.462 e. The third-order valence-corrected chi connectivity index (χ3v) is 4.60. The van der Waals surface area contributed by atoms with Gasteiger partial charge in [-0.05, 0) is 42.8 Å². The van der Waals surface area contributed by atoms with Crippen LogP contribution in [0, 0.1) is 5.82 Å². The van der Waals surface area contributed by atoms with Crippen LogP contribution in [0.25, 0.3) is 0 Å². The van der Waals surface area contributed by atoms with Crippen LogP contribution in [0.2, 0.25) is 0 Å². The fourth-order valence-electron chi connectivity index (χ4n) is 2.68. The van der Waals surface area contributed by atoms with Gasteiger partial charge < -0.3 is 10.1 Å². The third kappa shape index (κ3) is 4.30. The summed E-state index contributed by atoms with van der Waals surface area (Å²) in [5, 5.41) is 2.24. The molecule has 0 aromatic heterocycles. The summed E-state index contributed by atoms with van der Waals surface area (Å²) in [6, 6.07) is 11.5. The maximum absolute atomic E-state index is 13.9. The fraction of sp³-hybridized carbons (Fsp3) is 0.190. The van der Waals surface area contributed by atoms with Gasteiger partial charge in [0.05, 0.1) is 23.5 Å². The summed E-state index contributed by atoms with van der Waals surface area (Å²) < 4.78 is 19.0. The van der Waals surface area contributed by atoms with Gasteiger partial charge in [-0.1, -0.05) is 37.1 Å². The van der Waals surface area contributed by atoms with E-state index >= 15 is 0 Å². The average Bonchev–Trinajstić information content (AvgIpc) is 2.93. The van der Waals surface area contributed by atoms with Gasteiger partial charge in [-0.2, -0.15) is 0 Å². The number of unbranched alkanes of at least 4 members (excludes halogenated alkanes) is 1. The lowest BCUT2D eigenvalue weighted by atomic mass is 10.2. The van der Waals surface area contributed by atoms with Crippen molar-refractivity contribution in [3.05, 3.63) is 70.6 Å². The zero-order valence-electron chi connectivity index (χ0n) is 15.6. The van der Waals surface area contributed by atoms with Crippen molar-refractivity contribution in [3.63, 3.8) is 0 Å². The molecule has 2 aromatic carbocycles. The Labute approximate surface area is 171 Å². The number of nitrogens with zero attached hydrogens (tertiary/aromatic N) is 1. The molecule has 8 heteroatoms. The number of nitrogens with one attached hydrogen (secondary N) is 1. The second kappa shape index (κ2) is 8.87. The summed E-state index contributed by atoms with van der Waals surface area (Å²) in [6.07, 6.45) is 1.67. The Morgan fingerprint density at radius 1 is 1.10 bits per heavy atom. The number of amides is 2. The number of para-hydroxylation sites is 1. The first-order chi connectivity index (χ1) is 13.9. The van der Waals surface area contributed by atoms with Crippen LogP contribution in [-0.2, 0) is 14.3 Å². The summed E-state index contributed by atoms with van der Waals surface area (Å²) in [5.74, 6) is -2.54. The number of rotatable bonds is 7. The number of carbonyl (C=O) groups excluding carboxylic acids is 3. The molecule has 0 fully saturated rings. The van der Waals surface area contributed by atoms with E-state index in [9.17, 15) is 18.8 Å². The van der Waals surface area contributed by atoms with E-state index in [1.807, 2.05) is 6.92 Å². The molecular weight excluding hydrogens is 399 g/mol. The number of hydrogen-bond donors (Lipinski definition) is 1. The average molecular weight is 417 g/mol. The molecule has 0 aliphatic carbocycles. The Bertz CT molecular complexity index is 988. The SMILES string of the molecule is CCCCOC(=O)c1ccc(N2C(=O)C(Cl)=C(Nc3ccccc3F)C2=O)cc1. The molecule has 29 heavy (non-hydrogen) atoms. The number of anilines is 2. The second-order valence-corrected chi connectivity index (χ2v) is 6.65. The molecule has 0 atom stereocenters. The van der Waals surface area contributed by atoms with Gasteiger partial charge in [-0.15, -0.1) is 0 Å². The van der Waals surface area contributed by atoms with Crippen molar-refractivity contribution in [2.24, 2.45) is 0 Å². The van der Waals surface area contributed by atoms with E-state index < -0.39 is 23.6 Å². The van der Waals surface area contributed by atoms with E-state index in [4.69, 9.17) is 16.3 Å². The predicted molar refractivity (Wildman–Crippen MR) is 107 cm³/mol. The monoisotopic (exact) mass is 416 g/mol. The molecule has 1 aliphatic rings. The van der Waals surface area contributed by atoms with Crippen LogP contribution in [0.4, 0.5) is 15.8 Å². The highest BCUT2D eigenvalue weighted by molar-refractivity contribution is 6.53. The van der Waals surface area contributed by atoms with E-state index in [1.54, 1.807) is 6.07 Å². The number of ether oxygens (including phenoxy) is 1. The molecule has 0 saturated carbocycles. The maximum Gasteiger partial charge on any atom is 0.338 e. The molecular formula is C21H18ClFN2O4. The van der Waals surface area contributed by atoms with E-state index in [2.05, 4.69) is 5.32 Å². The molecule has 150 valence electrons. The molecule has 0 saturated heterocycles. The van der Waals surface area contributed by atoms with Crippen LogP contribution < -0.4 is 10.2 Å². The normalized spacial score (nSPS) is 13.8. The van der Waals surface area contributed by atoms with Crippen molar-refractivity contribution in [1.82, 2.24) is 0 Å². The lowest BCUT2D eigenvalue weighted by Gasteiger charge is -2.15. The molecule has 1 aliphatic heterocycles. The van der Waals surface area contributed by atoms with Crippen LogP contribution in [-0.4, -0.2) is 24.4 Å². The number of halogens is 2. The Hall–Kier alpha value is -3.19. The van der Waals surface area contributed by atoms with Crippen LogP contribution in [0.5, 0.6) is 0 Å². The largest absolute Gasteiger partial charge is 0.462 e. The molecule has 2 aromatic rings. The van der Waals surface area contributed by atoms with Gasteiger partial charge in [-0.25, -0.2) is 14.1 Å². The molecule has 1 heterocycles. The van der Waals surface area contributed by atoms with Gasteiger partial charge >= 0.3 is 5.97 Å². The Kier molecular flexibility index (Phi) is 6.29. The summed E-state index contributed by atoms with van der Waals surface area (Å²) in [5.41, 5.74) is 0.333.